The van der Waals surface area contributed by atoms with Crippen molar-refractivity contribution in [2.75, 3.05) is 7.11 Å². The minimum atomic E-state index is -0.855. The summed E-state index contributed by atoms with van der Waals surface area (Å²) >= 11 is 5.64. The molecular weight excluding hydrogens is 271 g/mol. The second-order valence-electron chi connectivity index (χ2n) is 4.21. The molecule has 1 aromatic rings. The number of hydrogen-bond donors (Lipinski definition) is 0. The van der Waals surface area contributed by atoms with Crippen LogP contribution in [0.4, 0.5) is 4.39 Å². The van der Waals surface area contributed by atoms with Crippen LogP contribution < -0.4 is 0 Å². The van der Waals surface area contributed by atoms with Gasteiger partial charge in [0.25, 0.3) is 0 Å². The molecular formula is C14H16ClFO3. The molecule has 0 aliphatic carbocycles. The van der Waals surface area contributed by atoms with Gasteiger partial charge in [-0.15, -0.1) is 0 Å². The summed E-state index contributed by atoms with van der Waals surface area (Å²) in [7, 11) is 1.24. The molecule has 0 N–H and O–H groups in total. The van der Waals surface area contributed by atoms with Gasteiger partial charge in [-0.05, 0) is 24.6 Å². The standard InChI is InChI=1S/C14H16ClFO3/c1-3-4-5-10(14(18)19-2)13(17)9-6-7-12(16)11(15)8-9/h6-8,10H,3-5H2,1-2H3. The number of benzene rings is 1. The highest BCUT2D eigenvalue weighted by molar-refractivity contribution is 6.31. The quantitative estimate of drug-likeness (QED) is 0.455. The number of carbonyl (C=O) groups excluding carboxylic acids is 2. The zero-order valence-corrected chi connectivity index (χ0v) is 11.7. The van der Waals surface area contributed by atoms with E-state index < -0.39 is 17.7 Å². The van der Waals surface area contributed by atoms with Crippen molar-refractivity contribution in [1.29, 1.82) is 0 Å². The molecule has 0 amide bonds. The number of Topliss-reactive ketones (excluding diaryl/α,β-unsaturated/α-hetero) is 1. The minimum Gasteiger partial charge on any atom is -0.468 e. The van der Waals surface area contributed by atoms with Crippen LogP contribution in [0.5, 0.6) is 0 Å². The number of ether oxygens (including phenoxy) is 1. The number of hydrogen-bond acceptors (Lipinski definition) is 3. The van der Waals surface area contributed by atoms with E-state index in [0.29, 0.717) is 6.42 Å². The molecule has 0 aliphatic heterocycles. The third-order valence-electron chi connectivity index (χ3n) is 2.85. The molecule has 0 radical (unpaired) electrons. The van der Waals surface area contributed by atoms with E-state index in [-0.39, 0.29) is 16.4 Å². The van der Waals surface area contributed by atoms with Gasteiger partial charge in [-0.2, -0.15) is 0 Å². The van der Waals surface area contributed by atoms with E-state index in [1.165, 1.54) is 19.2 Å². The van der Waals surface area contributed by atoms with Crippen LogP contribution >= 0.6 is 11.6 Å². The maximum Gasteiger partial charge on any atom is 0.316 e. The molecule has 0 spiro atoms. The predicted molar refractivity (Wildman–Crippen MR) is 70.8 cm³/mol. The predicted octanol–water partition coefficient (Wildman–Crippen LogP) is 3.64. The molecule has 104 valence electrons. The van der Waals surface area contributed by atoms with Crippen LogP contribution in [-0.2, 0) is 9.53 Å². The Bertz CT molecular complexity index is 474. The molecule has 0 fully saturated rings. The smallest absolute Gasteiger partial charge is 0.316 e. The maximum atomic E-state index is 13.1. The zero-order valence-electron chi connectivity index (χ0n) is 10.9. The van der Waals surface area contributed by atoms with Crippen LogP contribution in [0, 0.1) is 11.7 Å². The number of carbonyl (C=O) groups is 2. The fraction of sp³-hybridized carbons (Fsp3) is 0.429. The fourth-order valence-electron chi connectivity index (χ4n) is 1.76. The minimum absolute atomic E-state index is 0.134. The van der Waals surface area contributed by atoms with Gasteiger partial charge in [0.05, 0.1) is 12.1 Å². The monoisotopic (exact) mass is 286 g/mol. The van der Waals surface area contributed by atoms with E-state index in [9.17, 15) is 14.0 Å². The van der Waals surface area contributed by atoms with E-state index in [1.54, 1.807) is 0 Å². The van der Waals surface area contributed by atoms with Gasteiger partial charge in [-0.1, -0.05) is 31.4 Å². The first-order valence-corrected chi connectivity index (χ1v) is 6.46. The summed E-state index contributed by atoms with van der Waals surface area (Å²) in [6, 6.07) is 3.68. The van der Waals surface area contributed by atoms with Crippen LogP contribution in [0.25, 0.3) is 0 Å². The molecule has 1 rings (SSSR count). The number of rotatable bonds is 6. The molecule has 19 heavy (non-hydrogen) atoms. The Labute approximate surface area is 116 Å². The van der Waals surface area contributed by atoms with Gasteiger partial charge in [0.2, 0.25) is 0 Å². The van der Waals surface area contributed by atoms with E-state index in [1.807, 2.05) is 6.92 Å². The highest BCUT2D eigenvalue weighted by Gasteiger charge is 2.28. The zero-order chi connectivity index (χ0) is 14.4. The summed E-state index contributed by atoms with van der Waals surface area (Å²) in [6.45, 7) is 1.97. The molecule has 1 aromatic carbocycles. The van der Waals surface area contributed by atoms with Gasteiger partial charge in [-0.3, -0.25) is 9.59 Å². The van der Waals surface area contributed by atoms with Gasteiger partial charge >= 0.3 is 5.97 Å². The summed E-state index contributed by atoms with van der Waals surface area (Å²) in [5.74, 6) is -2.41. The van der Waals surface area contributed by atoms with Crippen LogP contribution in [0.15, 0.2) is 18.2 Å². The Kier molecular flexibility index (Phi) is 5.96. The summed E-state index contributed by atoms with van der Waals surface area (Å²) in [6.07, 6.45) is 2.02. The number of halogens is 2. The highest BCUT2D eigenvalue weighted by Crippen LogP contribution is 2.21. The van der Waals surface area contributed by atoms with Gasteiger partial charge in [-0.25, -0.2) is 4.39 Å². The van der Waals surface area contributed by atoms with Crippen molar-refractivity contribution >= 4 is 23.4 Å². The van der Waals surface area contributed by atoms with Gasteiger partial charge in [0, 0.05) is 5.56 Å². The average molecular weight is 287 g/mol. The van der Waals surface area contributed by atoms with Crippen molar-refractivity contribution in [3.8, 4) is 0 Å². The van der Waals surface area contributed by atoms with Crippen LogP contribution in [0.1, 0.15) is 36.5 Å². The lowest BCUT2D eigenvalue weighted by atomic mass is 9.93. The highest BCUT2D eigenvalue weighted by atomic mass is 35.5. The lowest BCUT2D eigenvalue weighted by molar-refractivity contribution is -0.143. The Hall–Kier alpha value is -1.42. The Morgan fingerprint density at radius 3 is 2.63 bits per heavy atom. The number of ketones is 1. The Balaban J connectivity index is 2.97. The molecule has 3 nitrogen and oxygen atoms in total. The molecule has 0 heterocycles. The fourth-order valence-corrected chi connectivity index (χ4v) is 1.94. The summed E-state index contributed by atoms with van der Waals surface area (Å²) in [5, 5.41) is -0.134. The number of methoxy groups -OCH3 is 1. The van der Waals surface area contributed by atoms with Crippen LogP contribution in [-0.4, -0.2) is 18.9 Å². The molecule has 5 heteroatoms. The maximum absolute atomic E-state index is 13.1. The summed E-state index contributed by atoms with van der Waals surface area (Å²) < 4.78 is 17.7. The van der Waals surface area contributed by atoms with E-state index in [4.69, 9.17) is 11.6 Å². The van der Waals surface area contributed by atoms with Crippen molar-refractivity contribution in [2.24, 2.45) is 5.92 Å². The van der Waals surface area contributed by atoms with Gasteiger partial charge in [0.1, 0.15) is 11.7 Å². The van der Waals surface area contributed by atoms with Gasteiger partial charge in [0.15, 0.2) is 5.78 Å². The molecule has 0 bridgehead atoms. The lowest BCUT2D eigenvalue weighted by Crippen LogP contribution is -2.25. The van der Waals surface area contributed by atoms with Crippen molar-refractivity contribution in [2.45, 2.75) is 26.2 Å². The number of unbranched alkanes of at least 4 members (excludes halogenated alkanes) is 1. The van der Waals surface area contributed by atoms with Gasteiger partial charge < -0.3 is 4.74 Å². The topological polar surface area (TPSA) is 43.4 Å². The van der Waals surface area contributed by atoms with Crippen molar-refractivity contribution < 1.29 is 18.7 Å². The van der Waals surface area contributed by atoms with Crippen molar-refractivity contribution in [3.05, 3.63) is 34.6 Å². The van der Waals surface area contributed by atoms with Crippen molar-refractivity contribution in [1.82, 2.24) is 0 Å². The third-order valence-corrected chi connectivity index (χ3v) is 3.14. The molecule has 0 aliphatic rings. The molecule has 1 unspecified atom stereocenters. The first-order chi connectivity index (χ1) is 9.01. The van der Waals surface area contributed by atoms with E-state index in [2.05, 4.69) is 4.74 Å². The molecule has 0 aromatic heterocycles. The second kappa shape index (κ2) is 7.24. The largest absolute Gasteiger partial charge is 0.468 e. The summed E-state index contributed by atoms with van der Waals surface area (Å²) in [4.78, 5) is 23.9. The van der Waals surface area contributed by atoms with Crippen LogP contribution in [0.3, 0.4) is 0 Å². The lowest BCUT2D eigenvalue weighted by Gasteiger charge is -2.13. The third kappa shape index (κ3) is 4.03. The van der Waals surface area contributed by atoms with Crippen molar-refractivity contribution in [3.63, 3.8) is 0 Å². The molecule has 1 atom stereocenters. The van der Waals surface area contributed by atoms with Crippen LogP contribution in [0.2, 0.25) is 5.02 Å². The molecule has 0 saturated carbocycles. The SMILES string of the molecule is CCCCC(C(=O)OC)C(=O)c1ccc(F)c(Cl)c1. The Morgan fingerprint density at radius 1 is 1.42 bits per heavy atom. The average Bonchev–Trinajstić information content (AvgIpc) is 2.41. The first-order valence-electron chi connectivity index (χ1n) is 6.08. The number of esters is 1. The normalized spacial score (nSPS) is 12.0. The first kappa shape index (κ1) is 15.6. The molecule has 0 saturated heterocycles. The van der Waals surface area contributed by atoms with E-state index in [0.717, 1.165) is 18.9 Å². The van der Waals surface area contributed by atoms with E-state index >= 15 is 0 Å². The summed E-state index contributed by atoms with van der Waals surface area (Å²) in [5.41, 5.74) is 0.220. The Morgan fingerprint density at radius 2 is 2.11 bits per heavy atom. The second-order valence-corrected chi connectivity index (χ2v) is 4.62.